The van der Waals surface area contributed by atoms with Crippen LogP contribution in [0.2, 0.25) is 0 Å². The highest BCUT2D eigenvalue weighted by Crippen LogP contribution is 2.41. The van der Waals surface area contributed by atoms with Gasteiger partial charge in [0.25, 0.3) is 11.8 Å². The second-order valence-corrected chi connectivity index (χ2v) is 11.0. The van der Waals surface area contributed by atoms with Gasteiger partial charge in [0.2, 0.25) is 5.91 Å². The molecule has 1 aliphatic carbocycles. The first-order chi connectivity index (χ1) is 19.9. The minimum atomic E-state index is -0.738. The molecule has 0 unspecified atom stereocenters. The number of fused-ring (bicyclic) bond motifs is 2. The Bertz CT molecular complexity index is 1470. The van der Waals surface area contributed by atoms with Crippen LogP contribution in [0, 0.1) is 11.8 Å². The van der Waals surface area contributed by atoms with Crippen molar-refractivity contribution in [3.8, 4) is 5.75 Å². The quantitative estimate of drug-likeness (QED) is 0.352. The van der Waals surface area contributed by atoms with E-state index in [1.807, 2.05) is 36.4 Å². The minimum Gasteiger partial charge on any atom is -0.508 e. The molecule has 3 atom stereocenters. The zero-order valence-corrected chi connectivity index (χ0v) is 22.7. The molecule has 210 valence electrons. The average Bonchev–Trinajstić information content (AvgIpc) is 3.25. The van der Waals surface area contributed by atoms with Crippen LogP contribution in [0.5, 0.6) is 5.75 Å². The Hall–Kier alpha value is -4.46. The van der Waals surface area contributed by atoms with Crippen molar-refractivity contribution in [2.24, 2.45) is 11.8 Å². The van der Waals surface area contributed by atoms with Gasteiger partial charge in [-0.15, -0.1) is 0 Å². The minimum absolute atomic E-state index is 0.0177. The average molecular weight is 553 g/mol. The monoisotopic (exact) mass is 552 g/mol. The summed E-state index contributed by atoms with van der Waals surface area (Å²) < 4.78 is 5.66. The van der Waals surface area contributed by atoms with Crippen molar-refractivity contribution in [2.45, 2.75) is 44.8 Å². The zero-order chi connectivity index (χ0) is 28.5. The summed E-state index contributed by atoms with van der Waals surface area (Å²) in [6.45, 7) is 0.411. The van der Waals surface area contributed by atoms with Crippen molar-refractivity contribution in [2.75, 3.05) is 13.1 Å². The molecular weight excluding hydrogens is 520 g/mol. The van der Waals surface area contributed by atoms with Crippen LogP contribution < -0.4 is 0 Å². The molecule has 8 heteroatoms. The number of benzene rings is 3. The third kappa shape index (κ3) is 4.99. The number of phenolic OH excluding ortho intramolecular Hbond substituents is 1. The summed E-state index contributed by atoms with van der Waals surface area (Å²) in [6, 6.07) is 20.6. The number of ether oxygens (including phenoxy) is 1. The fourth-order valence-corrected chi connectivity index (χ4v) is 6.54. The first kappa shape index (κ1) is 26.7. The highest BCUT2D eigenvalue weighted by molar-refractivity contribution is 6.21. The van der Waals surface area contributed by atoms with Gasteiger partial charge in [-0.1, -0.05) is 67.4 Å². The zero-order valence-electron chi connectivity index (χ0n) is 22.7. The van der Waals surface area contributed by atoms with Crippen LogP contribution in [0.3, 0.4) is 0 Å². The van der Waals surface area contributed by atoms with Gasteiger partial charge in [0.15, 0.2) is 0 Å². The molecule has 8 nitrogen and oxygen atoms in total. The van der Waals surface area contributed by atoms with Crippen LogP contribution in [0.1, 0.15) is 69.1 Å². The number of hydrogen-bond acceptors (Lipinski definition) is 6. The number of esters is 1. The molecule has 3 aliphatic rings. The molecule has 0 radical (unpaired) electrons. The molecule has 0 saturated heterocycles. The van der Waals surface area contributed by atoms with Gasteiger partial charge in [0, 0.05) is 12.1 Å². The second-order valence-electron chi connectivity index (χ2n) is 11.0. The lowest BCUT2D eigenvalue weighted by molar-refractivity contribution is -0.159. The smallest absolute Gasteiger partial charge is 0.310 e. The summed E-state index contributed by atoms with van der Waals surface area (Å²) in [6.07, 6.45) is 3.27. The SMILES string of the molecule is O=C(OCc1ccccc1)[C@H]1CCCC[C@H]1C(=O)N1CCc2cccc(O)c2[C@H]1CN1C(=O)c2ccccc2C1=O. The standard InChI is InChI=1S/C33H32N2O6/c36-28-16-8-11-22-17-18-34(27(29(22)28)19-35-31(38)23-12-4-5-13-24(23)32(35)39)30(37)25-14-6-7-15-26(25)33(40)41-20-21-9-2-1-3-10-21/h1-5,8-13,16,25-27,36H,6-7,14-15,17-20H2/t25-,26+,27-/m1/s1. The molecule has 2 heterocycles. The normalized spacial score (nSPS) is 21.8. The van der Waals surface area contributed by atoms with E-state index in [1.54, 1.807) is 41.3 Å². The summed E-state index contributed by atoms with van der Waals surface area (Å²) in [7, 11) is 0. The Labute approximate surface area is 238 Å². The van der Waals surface area contributed by atoms with Crippen molar-refractivity contribution < 1.29 is 29.0 Å². The Morgan fingerprint density at radius 1 is 0.829 bits per heavy atom. The van der Waals surface area contributed by atoms with Gasteiger partial charge >= 0.3 is 5.97 Å². The number of nitrogens with zero attached hydrogens (tertiary/aromatic N) is 2. The number of carbonyl (C=O) groups excluding carboxylic acids is 4. The summed E-state index contributed by atoms with van der Waals surface area (Å²) in [5.74, 6) is -2.56. The van der Waals surface area contributed by atoms with Crippen LogP contribution in [-0.4, -0.2) is 51.7 Å². The largest absolute Gasteiger partial charge is 0.508 e. The van der Waals surface area contributed by atoms with E-state index in [-0.39, 0.29) is 30.8 Å². The van der Waals surface area contributed by atoms with Gasteiger partial charge in [0.05, 0.1) is 35.5 Å². The maximum atomic E-state index is 14.3. The van der Waals surface area contributed by atoms with Gasteiger partial charge < -0.3 is 14.7 Å². The topological polar surface area (TPSA) is 104 Å². The molecule has 1 saturated carbocycles. The van der Waals surface area contributed by atoms with Gasteiger partial charge in [-0.2, -0.15) is 0 Å². The molecule has 3 aromatic rings. The van der Waals surface area contributed by atoms with Crippen LogP contribution in [0.15, 0.2) is 72.8 Å². The third-order valence-corrected chi connectivity index (χ3v) is 8.63. The van der Waals surface area contributed by atoms with Gasteiger partial charge in [-0.25, -0.2) is 0 Å². The van der Waals surface area contributed by atoms with Crippen molar-refractivity contribution >= 4 is 23.7 Å². The molecule has 0 aromatic heterocycles. The van der Waals surface area contributed by atoms with E-state index >= 15 is 0 Å². The molecule has 1 fully saturated rings. The molecule has 3 amide bonds. The Kier molecular flexibility index (Phi) is 7.30. The molecule has 2 aliphatic heterocycles. The fraction of sp³-hybridized carbons (Fsp3) is 0.333. The van der Waals surface area contributed by atoms with Crippen LogP contribution in [-0.2, 0) is 27.4 Å². The summed E-state index contributed by atoms with van der Waals surface area (Å²) in [5.41, 5.74) is 2.96. The van der Waals surface area contributed by atoms with Crippen LogP contribution in [0.25, 0.3) is 0 Å². The van der Waals surface area contributed by atoms with Crippen molar-refractivity contribution in [3.63, 3.8) is 0 Å². The van der Waals surface area contributed by atoms with Crippen LogP contribution >= 0.6 is 0 Å². The maximum Gasteiger partial charge on any atom is 0.310 e. The Balaban J connectivity index is 1.28. The van der Waals surface area contributed by atoms with Crippen molar-refractivity contribution in [3.05, 3.63) is 101 Å². The first-order valence-electron chi connectivity index (χ1n) is 14.2. The van der Waals surface area contributed by atoms with Crippen molar-refractivity contribution in [1.29, 1.82) is 0 Å². The van der Waals surface area contributed by atoms with Crippen LogP contribution in [0.4, 0.5) is 0 Å². The number of imide groups is 1. The number of carbonyl (C=O) groups is 4. The molecule has 0 bridgehead atoms. The lowest BCUT2D eigenvalue weighted by Gasteiger charge is -2.42. The number of hydrogen-bond donors (Lipinski definition) is 1. The number of rotatable bonds is 6. The van der Waals surface area contributed by atoms with Gasteiger partial charge in [0.1, 0.15) is 12.4 Å². The summed E-state index contributed by atoms with van der Waals surface area (Å²) in [5, 5.41) is 10.9. The molecule has 0 spiro atoms. The predicted octanol–water partition coefficient (Wildman–Crippen LogP) is 4.66. The van der Waals surface area contributed by atoms with E-state index in [4.69, 9.17) is 4.74 Å². The fourth-order valence-electron chi connectivity index (χ4n) is 6.54. The number of amides is 3. The molecule has 6 rings (SSSR count). The number of phenols is 1. The van der Waals surface area contributed by atoms with Crippen molar-refractivity contribution in [1.82, 2.24) is 9.80 Å². The summed E-state index contributed by atoms with van der Waals surface area (Å²) >= 11 is 0. The summed E-state index contributed by atoms with van der Waals surface area (Å²) in [4.78, 5) is 56.9. The van der Waals surface area contributed by atoms with E-state index in [2.05, 4.69) is 0 Å². The van der Waals surface area contributed by atoms with Gasteiger partial charge in [-0.05, 0) is 48.6 Å². The Morgan fingerprint density at radius 3 is 2.20 bits per heavy atom. The van der Waals surface area contributed by atoms with Gasteiger partial charge in [-0.3, -0.25) is 24.1 Å². The van der Waals surface area contributed by atoms with E-state index in [0.29, 0.717) is 42.5 Å². The van der Waals surface area contributed by atoms with E-state index < -0.39 is 29.7 Å². The van der Waals surface area contributed by atoms with E-state index in [9.17, 15) is 24.3 Å². The molecule has 41 heavy (non-hydrogen) atoms. The highest BCUT2D eigenvalue weighted by atomic mass is 16.5. The number of aromatic hydroxyl groups is 1. The molecule has 3 aromatic carbocycles. The predicted molar refractivity (Wildman–Crippen MR) is 150 cm³/mol. The molecule has 1 N–H and O–H groups in total. The van der Waals surface area contributed by atoms with E-state index in [0.717, 1.165) is 24.0 Å². The lowest BCUT2D eigenvalue weighted by atomic mass is 9.77. The Morgan fingerprint density at radius 2 is 1.49 bits per heavy atom. The first-order valence-corrected chi connectivity index (χ1v) is 14.2. The lowest BCUT2D eigenvalue weighted by Crippen LogP contribution is -2.50. The third-order valence-electron chi connectivity index (χ3n) is 8.63. The second kappa shape index (κ2) is 11.2. The van der Waals surface area contributed by atoms with E-state index in [1.165, 1.54) is 4.90 Å². The molecular formula is C33H32N2O6. The highest BCUT2D eigenvalue weighted by Gasteiger charge is 2.45. The maximum absolute atomic E-state index is 14.3.